The first-order valence-electron chi connectivity index (χ1n) is 4.36. The number of hydrogen-bond acceptors (Lipinski definition) is 0. The lowest BCUT2D eigenvalue weighted by Crippen LogP contribution is -2.10. The zero-order chi connectivity index (χ0) is 10.1. The molecule has 0 bridgehead atoms. The average molecular weight is 178 g/mol. The van der Waals surface area contributed by atoms with Crippen LogP contribution in [-0.2, 0) is 5.41 Å². The predicted octanol–water partition coefficient (Wildman–Crippen LogP) is 3.92. The minimum atomic E-state index is -0.375. The van der Waals surface area contributed by atoms with E-state index in [0.29, 0.717) is 5.56 Å². The molecule has 1 aromatic rings. The summed E-state index contributed by atoms with van der Waals surface area (Å²) in [6.07, 6.45) is 0. The minimum Gasteiger partial charge on any atom is -0.207 e. The van der Waals surface area contributed by atoms with E-state index in [9.17, 15) is 4.39 Å². The predicted molar refractivity (Wildman–Crippen MR) is 55.3 cm³/mol. The van der Waals surface area contributed by atoms with Crippen LogP contribution in [0.25, 0.3) is 5.83 Å². The van der Waals surface area contributed by atoms with Gasteiger partial charge in [0.1, 0.15) is 5.83 Å². The molecule has 0 aliphatic rings. The summed E-state index contributed by atoms with van der Waals surface area (Å²) < 4.78 is 12.7. The second-order valence-electron chi connectivity index (χ2n) is 4.23. The fourth-order valence-corrected chi connectivity index (χ4v) is 1.15. The molecule has 70 valence electrons. The van der Waals surface area contributed by atoms with E-state index in [1.54, 1.807) is 12.1 Å². The number of halogens is 1. The summed E-state index contributed by atoms with van der Waals surface area (Å²) in [5, 5.41) is 0. The Morgan fingerprint density at radius 2 is 1.62 bits per heavy atom. The molecule has 0 saturated carbocycles. The maximum absolute atomic E-state index is 12.7. The molecule has 0 aromatic heterocycles. The number of hydrogen-bond donors (Lipinski definition) is 0. The quantitative estimate of drug-likeness (QED) is 0.611. The minimum absolute atomic E-state index is 0.121. The van der Waals surface area contributed by atoms with E-state index in [2.05, 4.69) is 27.4 Å². The van der Waals surface area contributed by atoms with Crippen molar-refractivity contribution in [1.82, 2.24) is 0 Å². The normalized spacial score (nSPS) is 11.4. The van der Waals surface area contributed by atoms with Crippen LogP contribution in [0.3, 0.4) is 0 Å². The van der Waals surface area contributed by atoms with Crippen molar-refractivity contribution in [3.8, 4) is 0 Å². The van der Waals surface area contributed by atoms with Crippen molar-refractivity contribution in [3.05, 3.63) is 42.0 Å². The van der Waals surface area contributed by atoms with E-state index in [1.807, 2.05) is 12.1 Å². The summed E-state index contributed by atoms with van der Waals surface area (Å²) in [4.78, 5) is 0. The van der Waals surface area contributed by atoms with Crippen molar-refractivity contribution < 1.29 is 4.39 Å². The van der Waals surface area contributed by atoms with Crippen LogP contribution >= 0.6 is 0 Å². The summed E-state index contributed by atoms with van der Waals surface area (Å²) in [5.41, 5.74) is 1.89. The first-order chi connectivity index (χ1) is 5.91. The van der Waals surface area contributed by atoms with Gasteiger partial charge in [0, 0.05) is 5.56 Å². The van der Waals surface area contributed by atoms with Crippen molar-refractivity contribution in [2.45, 2.75) is 26.2 Å². The van der Waals surface area contributed by atoms with Gasteiger partial charge in [-0.25, -0.2) is 4.39 Å². The Hall–Kier alpha value is -1.11. The Kier molecular flexibility index (Phi) is 2.55. The molecule has 0 spiro atoms. The molecule has 0 nitrogen and oxygen atoms in total. The molecule has 0 fully saturated rings. The van der Waals surface area contributed by atoms with Gasteiger partial charge in [0.25, 0.3) is 0 Å². The van der Waals surface area contributed by atoms with Crippen molar-refractivity contribution in [2.75, 3.05) is 0 Å². The third-order valence-corrected chi connectivity index (χ3v) is 2.06. The number of benzene rings is 1. The Labute approximate surface area is 79.1 Å². The Morgan fingerprint density at radius 1 is 1.15 bits per heavy atom. The molecule has 0 heterocycles. The van der Waals surface area contributed by atoms with E-state index < -0.39 is 0 Å². The SMILES string of the molecule is C=C(F)c1ccc(C(C)(C)C)cc1. The van der Waals surface area contributed by atoms with Crippen molar-refractivity contribution in [3.63, 3.8) is 0 Å². The molecule has 0 aliphatic heterocycles. The highest BCUT2D eigenvalue weighted by Crippen LogP contribution is 2.23. The molecule has 0 amide bonds. The fourth-order valence-electron chi connectivity index (χ4n) is 1.15. The van der Waals surface area contributed by atoms with E-state index in [-0.39, 0.29) is 11.2 Å². The van der Waals surface area contributed by atoms with E-state index in [4.69, 9.17) is 0 Å². The van der Waals surface area contributed by atoms with Crippen LogP contribution in [0.1, 0.15) is 31.9 Å². The molecule has 0 unspecified atom stereocenters. The molecule has 1 heteroatoms. The highest BCUT2D eigenvalue weighted by atomic mass is 19.1. The maximum Gasteiger partial charge on any atom is 0.123 e. The Bertz CT molecular complexity index is 301. The summed E-state index contributed by atoms with van der Waals surface area (Å²) >= 11 is 0. The van der Waals surface area contributed by atoms with Crippen LogP contribution in [0.5, 0.6) is 0 Å². The highest BCUT2D eigenvalue weighted by molar-refractivity contribution is 5.56. The maximum atomic E-state index is 12.7. The molecule has 0 N–H and O–H groups in total. The Morgan fingerprint density at radius 3 is 1.92 bits per heavy atom. The van der Waals surface area contributed by atoms with Gasteiger partial charge in [0.15, 0.2) is 0 Å². The molecule has 13 heavy (non-hydrogen) atoms. The van der Waals surface area contributed by atoms with Crippen LogP contribution in [0.4, 0.5) is 4.39 Å². The van der Waals surface area contributed by atoms with Gasteiger partial charge in [-0.2, -0.15) is 0 Å². The van der Waals surface area contributed by atoms with Crippen molar-refractivity contribution in [2.24, 2.45) is 0 Å². The lowest BCUT2D eigenvalue weighted by atomic mass is 9.87. The topological polar surface area (TPSA) is 0 Å². The summed E-state index contributed by atoms with van der Waals surface area (Å²) in [5.74, 6) is -0.375. The van der Waals surface area contributed by atoms with Gasteiger partial charge in [-0.15, -0.1) is 0 Å². The van der Waals surface area contributed by atoms with Crippen LogP contribution in [0, 0.1) is 0 Å². The van der Waals surface area contributed by atoms with Crippen LogP contribution in [0.2, 0.25) is 0 Å². The van der Waals surface area contributed by atoms with Gasteiger partial charge in [0.2, 0.25) is 0 Å². The summed E-state index contributed by atoms with van der Waals surface area (Å²) in [6.45, 7) is 9.64. The standard InChI is InChI=1S/C12H15F/c1-9(13)10-5-7-11(8-6-10)12(2,3)4/h5-8H,1H2,2-4H3. The number of rotatable bonds is 1. The molecule has 1 rings (SSSR count). The molecular weight excluding hydrogens is 163 g/mol. The first-order valence-corrected chi connectivity index (χ1v) is 4.36. The van der Waals surface area contributed by atoms with E-state index in [0.717, 1.165) is 0 Å². The third kappa shape index (κ3) is 2.41. The molecule has 0 aliphatic carbocycles. The average Bonchev–Trinajstić information content (AvgIpc) is 2.03. The van der Waals surface area contributed by atoms with Gasteiger partial charge in [-0.3, -0.25) is 0 Å². The third-order valence-electron chi connectivity index (χ3n) is 2.06. The largest absolute Gasteiger partial charge is 0.207 e. The fraction of sp³-hybridized carbons (Fsp3) is 0.333. The highest BCUT2D eigenvalue weighted by Gasteiger charge is 2.12. The summed E-state index contributed by atoms with van der Waals surface area (Å²) in [6, 6.07) is 7.42. The van der Waals surface area contributed by atoms with Crippen LogP contribution in [-0.4, -0.2) is 0 Å². The zero-order valence-corrected chi connectivity index (χ0v) is 8.39. The van der Waals surface area contributed by atoms with Crippen LogP contribution in [0.15, 0.2) is 30.8 Å². The van der Waals surface area contributed by atoms with Gasteiger partial charge in [-0.1, -0.05) is 51.6 Å². The van der Waals surface area contributed by atoms with Gasteiger partial charge >= 0.3 is 0 Å². The smallest absolute Gasteiger partial charge is 0.123 e. The monoisotopic (exact) mass is 178 g/mol. The van der Waals surface area contributed by atoms with Gasteiger partial charge in [0.05, 0.1) is 0 Å². The molecule has 0 radical (unpaired) electrons. The second kappa shape index (κ2) is 3.33. The molecule has 1 aromatic carbocycles. The van der Waals surface area contributed by atoms with Crippen LogP contribution < -0.4 is 0 Å². The molecular formula is C12H15F. The lowest BCUT2D eigenvalue weighted by molar-refractivity contribution is 0.590. The Balaban J connectivity index is 3.01. The van der Waals surface area contributed by atoms with Crippen molar-refractivity contribution >= 4 is 5.83 Å². The lowest BCUT2D eigenvalue weighted by Gasteiger charge is -2.18. The van der Waals surface area contributed by atoms with Gasteiger partial charge < -0.3 is 0 Å². The van der Waals surface area contributed by atoms with E-state index >= 15 is 0 Å². The van der Waals surface area contributed by atoms with E-state index in [1.165, 1.54) is 5.56 Å². The zero-order valence-electron chi connectivity index (χ0n) is 8.39. The molecule has 0 atom stereocenters. The van der Waals surface area contributed by atoms with Gasteiger partial charge in [-0.05, 0) is 11.0 Å². The molecule has 0 saturated heterocycles. The first kappa shape index (κ1) is 9.97. The summed E-state index contributed by atoms with van der Waals surface area (Å²) in [7, 11) is 0. The van der Waals surface area contributed by atoms with Crippen molar-refractivity contribution in [1.29, 1.82) is 0 Å². The second-order valence-corrected chi connectivity index (χ2v) is 4.23.